The normalized spacial score (nSPS) is 47.8. The zero-order chi connectivity index (χ0) is 14.4. The Balaban J connectivity index is 1.43. The molecule has 2 N–H and O–H groups in total. The Morgan fingerprint density at radius 3 is 2.81 bits per heavy atom. The highest BCUT2D eigenvalue weighted by atomic mass is 16.2. The summed E-state index contributed by atoms with van der Waals surface area (Å²) >= 11 is 0. The van der Waals surface area contributed by atoms with E-state index in [4.69, 9.17) is 0 Å². The Hall–Kier alpha value is -0.570. The number of rotatable bonds is 4. The van der Waals surface area contributed by atoms with Gasteiger partial charge >= 0.3 is 0 Å². The molecular weight excluding hydrogens is 260 g/mol. The Morgan fingerprint density at radius 1 is 1.19 bits per heavy atom. The van der Waals surface area contributed by atoms with E-state index in [1.165, 1.54) is 32.1 Å². The average Bonchev–Trinajstić information content (AvgIpc) is 3.21. The van der Waals surface area contributed by atoms with Crippen molar-refractivity contribution >= 4 is 5.91 Å². The van der Waals surface area contributed by atoms with Crippen molar-refractivity contribution in [3.05, 3.63) is 0 Å². The first kappa shape index (κ1) is 14.0. The first-order chi connectivity index (χ1) is 10.2. The summed E-state index contributed by atoms with van der Waals surface area (Å²) in [6, 6.07) is 0.484. The van der Waals surface area contributed by atoms with Crippen LogP contribution in [0.25, 0.3) is 0 Å². The van der Waals surface area contributed by atoms with Crippen LogP contribution in [0, 0.1) is 23.7 Å². The third-order valence-corrected chi connectivity index (χ3v) is 7.10. The van der Waals surface area contributed by atoms with Crippen molar-refractivity contribution in [3.63, 3.8) is 0 Å². The summed E-state index contributed by atoms with van der Waals surface area (Å²) in [5.74, 6) is 3.98. The minimum atomic E-state index is -0.244. The topological polar surface area (TPSA) is 41.1 Å². The molecule has 6 unspecified atom stereocenters. The summed E-state index contributed by atoms with van der Waals surface area (Å²) in [6.45, 7) is 3.20. The molecule has 3 aliphatic carbocycles. The molecule has 0 aromatic rings. The van der Waals surface area contributed by atoms with E-state index in [0.29, 0.717) is 11.9 Å². The maximum Gasteiger partial charge on any atom is 0.240 e. The van der Waals surface area contributed by atoms with Crippen LogP contribution < -0.4 is 10.6 Å². The van der Waals surface area contributed by atoms with E-state index >= 15 is 0 Å². The number of carbonyl (C=O) groups excluding carboxylic acids is 1. The third-order valence-electron chi connectivity index (χ3n) is 7.10. The molecule has 1 amide bonds. The number of amides is 1. The van der Waals surface area contributed by atoms with Crippen LogP contribution in [0.4, 0.5) is 0 Å². The molecule has 6 atom stereocenters. The predicted octanol–water partition coefficient (Wildman–Crippen LogP) is 2.85. The van der Waals surface area contributed by atoms with Crippen LogP contribution in [-0.2, 0) is 4.79 Å². The van der Waals surface area contributed by atoms with Crippen molar-refractivity contribution in [1.29, 1.82) is 0 Å². The van der Waals surface area contributed by atoms with Gasteiger partial charge in [-0.15, -0.1) is 0 Å². The van der Waals surface area contributed by atoms with Gasteiger partial charge in [0.05, 0.1) is 5.54 Å². The maximum atomic E-state index is 12.9. The number of hydrogen-bond acceptors (Lipinski definition) is 2. The van der Waals surface area contributed by atoms with Crippen molar-refractivity contribution < 1.29 is 4.79 Å². The van der Waals surface area contributed by atoms with Crippen molar-refractivity contribution in [2.45, 2.75) is 76.3 Å². The number of hydrogen-bond donors (Lipinski definition) is 2. The van der Waals surface area contributed by atoms with E-state index < -0.39 is 0 Å². The molecule has 1 heterocycles. The number of fused-ring (bicyclic) bond motifs is 5. The average molecular weight is 290 g/mol. The molecule has 0 aromatic heterocycles. The van der Waals surface area contributed by atoms with Gasteiger partial charge in [0.2, 0.25) is 5.91 Å². The van der Waals surface area contributed by atoms with Crippen LogP contribution >= 0.6 is 0 Å². The van der Waals surface area contributed by atoms with Gasteiger partial charge in [-0.1, -0.05) is 19.8 Å². The fraction of sp³-hybridized carbons (Fsp3) is 0.944. The lowest BCUT2D eigenvalue weighted by atomic mass is 9.78. The molecule has 118 valence electrons. The lowest BCUT2D eigenvalue weighted by Gasteiger charge is -2.35. The summed E-state index contributed by atoms with van der Waals surface area (Å²) in [5.41, 5.74) is -0.244. The largest absolute Gasteiger partial charge is 0.351 e. The van der Waals surface area contributed by atoms with E-state index in [-0.39, 0.29) is 5.54 Å². The van der Waals surface area contributed by atoms with Gasteiger partial charge in [0.15, 0.2) is 0 Å². The van der Waals surface area contributed by atoms with Gasteiger partial charge < -0.3 is 10.6 Å². The van der Waals surface area contributed by atoms with E-state index in [2.05, 4.69) is 17.6 Å². The minimum absolute atomic E-state index is 0.244. The predicted molar refractivity (Wildman–Crippen MR) is 83.9 cm³/mol. The summed E-state index contributed by atoms with van der Waals surface area (Å²) in [4.78, 5) is 12.9. The van der Waals surface area contributed by atoms with E-state index in [1.807, 2.05) is 0 Å². The van der Waals surface area contributed by atoms with Crippen LogP contribution in [0.3, 0.4) is 0 Å². The molecule has 21 heavy (non-hydrogen) atoms. The standard InChI is InChI=1S/C18H30N2O/c1-2-7-18(8-4-9-19-18)17(21)20-16-11-12-10-15(16)14-6-3-5-13(12)14/h12-16,19H,2-11H2,1H3,(H,20,21). The fourth-order valence-electron chi connectivity index (χ4n) is 6.29. The zero-order valence-electron chi connectivity index (χ0n) is 13.4. The molecule has 0 spiro atoms. The third kappa shape index (κ3) is 2.15. The smallest absolute Gasteiger partial charge is 0.240 e. The van der Waals surface area contributed by atoms with Gasteiger partial charge in [-0.25, -0.2) is 0 Å². The molecule has 3 nitrogen and oxygen atoms in total. The van der Waals surface area contributed by atoms with Gasteiger partial charge in [0.1, 0.15) is 0 Å². The molecule has 1 saturated heterocycles. The molecule has 2 bridgehead atoms. The van der Waals surface area contributed by atoms with E-state index in [9.17, 15) is 4.79 Å². The van der Waals surface area contributed by atoms with E-state index in [0.717, 1.165) is 55.9 Å². The highest BCUT2D eigenvalue weighted by Gasteiger charge is 2.54. The highest BCUT2D eigenvalue weighted by molar-refractivity contribution is 5.87. The van der Waals surface area contributed by atoms with Gasteiger partial charge in [-0.05, 0) is 75.2 Å². The van der Waals surface area contributed by atoms with Gasteiger partial charge in [-0.2, -0.15) is 0 Å². The Labute approximate surface area is 128 Å². The first-order valence-electron chi connectivity index (χ1n) is 9.29. The minimum Gasteiger partial charge on any atom is -0.351 e. The van der Waals surface area contributed by atoms with Crippen LogP contribution in [0.2, 0.25) is 0 Å². The molecule has 4 rings (SSSR count). The van der Waals surface area contributed by atoms with Crippen LogP contribution in [0.1, 0.15) is 64.7 Å². The summed E-state index contributed by atoms with van der Waals surface area (Å²) in [7, 11) is 0. The summed E-state index contributed by atoms with van der Waals surface area (Å²) < 4.78 is 0. The second-order valence-corrected chi connectivity index (χ2v) is 8.10. The summed E-state index contributed by atoms with van der Waals surface area (Å²) in [5, 5.41) is 7.01. The van der Waals surface area contributed by atoms with Crippen LogP contribution in [0.15, 0.2) is 0 Å². The molecule has 3 heteroatoms. The van der Waals surface area contributed by atoms with E-state index in [1.54, 1.807) is 0 Å². The zero-order valence-corrected chi connectivity index (χ0v) is 13.4. The van der Waals surface area contributed by atoms with Gasteiger partial charge in [0.25, 0.3) is 0 Å². The molecule has 0 aromatic carbocycles. The van der Waals surface area contributed by atoms with Gasteiger partial charge in [-0.3, -0.25) is 4.79 Å². The van der Waals surface area contributed by atoms with Gasteiger partial charge in [0, 0.05) is 6.04 Å². The number of nitrogens with one attached hydrogen (secondary N) is 2. The SMILES string of the molecule is CCCC1(C(=O)NC2CC3CC2C2CCCC32)CCCN1. The fourth-order valence-corrected chi connectivity index (χ4v) is 6.29. The maximum absolute atomic E-state index is 12.9. The Bertz CT molecular complexity index is 415. The molecule has 3 saturated carbocycles. The van der Waals surface area contributed by atoms with Crippen LogP contribution in [-0.4, -0.2) is 24.0 Å². The molecule has 4 aliphatic rings. The lowest BCUT2D eigenvalue weighted by molar-refractivity contribution is -0.128. The van der Waals surface area contributed by atoms with Crippen molar-refractivity contribution in [3.8, 4) is 0 Å². The Morgan fingerprint density at radius 2 is 2.05 bits per heavy atom. The second-order valence-electron chi connectivity index (χ2n) is 8.10. The van der Waals surface area contributed by atoms with Crippen molar-refractivity contribution in [2.24, 2.45) is 23.7 Å². The Kier molecular flexibility index (Phi) is 3.52. The molecular formula is C18H30N2O. The quantitative estimate of drug-likeness (QED) is 0.836. The molecule has 4 fully saturated rings. The van der Waals surface area contributed by atoms with Crippen LogP contribution in [0.5, 0.6) is 0 Å². The summed E-state index contributed by atoms with van der Waals surface area (Å²) in [6.07, 6.45) is 11.2. The number of carbonyl (C=O) groups is 1. The van der Waals surface area contributed by atoms with Crippen molar-refractivity contribution in [2.75, 3.05) is 6.54 Å². The first-order valence-corrected chi connectivity index (χ1v) is 9.29. The van der Waals surface area contributed by atoms with Crippen molar-refractivity contribution in [1.82, 2.24) is 10.6 Å². The molecule has 1 aliphatic heterocycles. The lowest BCUT2D eigenvalue weighted by Crippen LogP contribution is -2.57. The second kappa shape index (κ2) is 5.26. The highest BCUT2D eigenvalue weighted by Crippen LogP contribution is 2.58. The monoisotopic (exact) mass is 290 g/mol. The molecule has 0 radical (unpaired) electrons.